The predicted octanol–water partition coefficient (Wildman–Crippen LogP) is 3.05. The zero-order valence-corrected chi connectivity index (χ0v) is 20.6. The Hall–Kier alpha value is -1.35. The summed E-state index contributed by atoms with van der Waals surface area (Å²) in [5.41, 5.74) is -0.565. The topological polar surface area (TPSA) is 97.4 Å². The van der Waals surface area contributed by atoms with Crippen LogP contribution in [0.25, 0.3) is 0 Å². The SMILES string of the molecule is CCOC(=O)C(=O)[C@H]1C[C@H]2[C@@H]3CCC4(OCCO4)[C@H](CCC4(C)OCCO4)[C@H]3CC[C@]2(C)C1=O. The van der Waals surface area contributed by atoms with Gasteiger partial charge in [-0.1, -0.05) is 6.92 Å². The second kappa shape index (κ2) is 8.95. The van der Waals surface area contributed by atoms with Crippen LogP contribution in [0.15, 0.2) is 0 Å². The van der Waals surface area contributed by atoms with Crippen molar-refractivity contribution in [2.75, 3.05) is 33.0 Å². The highest BCUT2D eigenvalue weighted by molar-refractivity contribution is 6.39. The lowest BCUT2D eigenvalue weighted by Gasteiger charge is -2.55. The molecule has 5 fully saturated rings. The Morgan fingerprint density at radius 1 is 0.971 bits per heavy atom. The number of rotatable bonds is 6. The van der Waals surface area contributed by atoms with Gasteiger partial charge in [-0.05, 0) is 63.7 Å². The molecule has 6 atom stereocenters. The lowest BCUT2D eigenvalue weighted by atomic mass is 9.52. The molecule has 3 aliphatic carbocycles. The first kappa shape index (κ1) is 24.3. The summed E-state index contributed by atoms with van der Waals surface area (Å²) < 4.78 is 29.2. The standard InChI is InChI=1S/C26H38O8/c1-4-30-23(29)21(27)18-15-20-17-6-10-26(33-13-14-34-26)19(7-9-25(3)31-11-12-32-25)16(17)5-8-24(20,2)22(18)28/h16-20H,4-15H2,1-3H3/t16-,17+,18+,19+,20-,24-/m0/s1. The van der Waals surface area contributed by atoms with Gasteiger partial charge in [-0.25, -0.2) is 4.79 Å². The largest absolute Gasteiger partial charge is 0.460 e. The minimum absolute atomic E-state index is 0.0699. The van der Waals surface area contributed by atoms with Crippen LogP contribution in [-0.2, 0) is 38.1 Å². The molecule has 2 heterocycles. The fraction of sp³-hybridized carbons (Fsp3) is 0.885. The monoisotopic (exact) mass is 478 g/mol. The van der Waals surface area contributed by atoms with E-state index in [1.165, 1.54) is 0 Å². The molecule has 190 valence electrons. The van der Waals surface area contributed by atoms with E-state index in [9.17, 15) is 14.4 Å². The minimum Gasteiger partial charge on any atom is -0.460 e. The Labute approximate surface area is 201 Å². The third kappa shape index (κ3) is 3.85. The smallest absolute Gasteiger partial charge is 0.375 e. The summed E-state index contributed by atoms with van der Waals surface area (Å²) in [4.78, 5) is 38.4. The summed E-state index contributed by atoms with van der Waals surface area (Å²) in [6.45, 7) is 8.25. The van der Waals surface area contributed by atoms with Gasteiger partial charge in [0.05, 0.1) is 39.0 Å². The van der Waals surface area contributed by atoms with Crippen LogP contribution in [0.5, 0.6) is 0 Å². The van der Waals surface area contributed by atoms with Crippen LogP contribution < -0.4 is 0 Å². The van der Waals surface area contributed by atoms with E-state index in [0.29, 0.717) is 44.7 Å². The van der Waals surface area contributed by atoms with Crippen molar-refractivity contribution >= 4 is 17.5 Å². The molecule has 0 aromatic heterocycles. The fourth-order valence-corrected chi connectivity index (χ4v) is 7.88. The van der Waals surface area contributed by atoms with E-state index in [1.54, 1.807) is 6.92 Å². The molecule has 0 radical (unpaired) electrons. The van der Waals surface area contributed by atoms with Gasteiger partial charge in [0, 0.05) is 24.2 Å². The van der Waals surface area contributed by atoms with Crippen molar-refractivity contribution in [3.05, 3.63) is 0 Å². The highest BCUT2D eigenvalue weighted by atomic mass is 16.7. The predicted molar refractivity (Wildman–Crippen MR) is 119 cm³/mol. The van der Waals surface area contributed by atoms with E-state index >= 15 is 0 Å². The average Bonchev–Trinajstić information content (AvgIpc) is 3.53. The molecule has 8 nitrogen and oxygen atoms in total. The summed E-state index contributed by atoms with van der Waals surface area (Å²) in [6, 6.07) is 0. The van der Waals surface area contributed by atoms with Gasteiger partial charge in [0.15, 0.2) is 11.6 Å². The first-order chi connectivity index (χ1) is 16.2. The van der Waals surface area contributed by atoms with Gasteiger partial charge >= 0.3 is 5.97 Å². The van der Waals surface area contributed by atoms with Crippen LogP contribution in [0.4, 0.5) is 0 Å². The zero-order chi connectivity index (χ0) is 24.1. The van der Waals surface area contributed by atoms with Crippen LogP contribution in [-0.4, -0.2) is 62.1 Å². The summed E-state index contributed by atoms with van der Waals surface area (Å²) in [5, 5.41) is 0. The molecule has 34 heavy (non-hydrogen) atoms. The maximum atomic E-state index is 13.4. The van der Waals surface area contributed by atoms with Crippen molar-refractivity contribution in [1.29, 1.82) is 0 Å². The number of esters is 1. The van der Waals surface area contributed by atoms with E-state index in [4.69, 9.17) is 23.7 Å². The molecule has 8 heteroatoms. The second-order valence-electron chi connectivity index (χ2n) is 11.2. The molecule has 2 aliphatic heterocycles. The van der Waals surface area contributed by atoms with Crippen molar-refractivity contribution in [2.24, 2.45) is 35.0 Å². The molecular formula is C26H38O8. The van der Waals surface area contributed by atoms with Crippen LogP contribution in [0, 0.1) is 35.0 Å². The quantitative estimate of drug-likeness (QED) is 0.326. The molecule has 5 aliphatic rings. The Morgan fingerprint density at radius 3 is 2.29 bits per heavy atom. The summed E-state index contributed by atoms with van der Waals surface area (Å²) in [7, 11) is 0. The number of carbonyl (C=O) groups excluding carboxylic acids is 3. The van der Waals surface area contributed by atoms with Gasteiger partial charge in [0.2, 0.25) is 5.78 Å². The van der Waals surface area contributed by atoms with E-state index in [-0.39, 0.29) is 24.2 Å². The molecule has 0 amide bonds. The zero-order valence-electron chi connectivity index (χ0n) is 20.6. The van der Waals surface area contributed by atoms with E-state index < -0.39 is 34.7 Å². The molecule has 0 unspecified atom stereocenters. The van der Waals surface area contributed by atoms with E-state index in [1.807, 2.05) is 13.8 Å². The van der Waals surface area contributed by atoms with Crippen LogP contribution in [0.1, 0.15) is 65.7 Å². The summed E-state index contributed by atoms with van der Waals surface area (Å²) in [6.07, 6.45) is 5.37. The highest BCUT2D eigenvalue weighted by Gasteiger charge is 2.64. The number of hydrogen-bond donors (Lipinski definition) is 0. The van der Waals surface area contributed by atoms with Crippen molar-refractivity contribution in [3.63, 3.8) is 0 Å². The molecule has 0 aromatic rings. The lowest BCUT2D eigenvalue weighted by molar-refractivity contribution is -0.253. The first-order valence-corrected chi connectivity index (χ1v) is 13.0. The van der Waals surface area contributed by atoms with E-state index in [0.717, 1.165) is 38.5 Å². The van der Waals surface area contributed by atoms with Crippen LogP contribution in [0.2, 0.25) is 0 Å². The Bertz CT molecular complexity index is 827. The maximum Gasteiger partial charge on any atom is 0.375 e. The van der Waals surface area contributed by atoms with Gasteiger partial charge in [0.1, 0.15) is 5.78 Å². The van der Waals surface area contributed by atoms with Crippen molar-refractivity contribution in [3.8, 4) is 0 Å². The maximum absolute atomic E-state index is 13.4. The van der Waals surface area contributed by atoms with Gasteiger partial charge in [-0.3, -0.25) is 9.59 Å². The highest BCUT2D eigenvalue weighted by Crippen LogP contribution is 2.63. The van der Waals surface area contributed by atoms with Crippen molar-refractivity contribution in [1.82, 2.24) is 0 Å². The lowest BCUT2D eigenvalue weighted by Crippen LogP contribution is -2.55. The summed E-state index contributed by atoms with van der Waals surface area (Å²) in [5.74, 6) is -2.76. The third-order valence-corrected chi connectivity index (χ3v) is 9.54. The van der Waals surface area contributed by atoms with Crippen LogP contribution >= 0.6 is 0 Å². The number of hydrogen-bond acceptors (Lipinski definition) is 8. The second-order valence-corrected chi connectivity index (χ2v) is 11.2. The fourth-order valence-electron chi connectivity index (χ4n) is 7.88. The van der Waals surface area contributed by atoms with Gasteiger partial charge in [-0.2, -0.15) is 0 Å². The van der Waals surface area contributed by atoms with Gasteiger partial charge in [-0.15, -0.1) is 0 Å². The molecular weight excluding hydrogens is 440 g/mol. The molecule has 1 spiro atoms. The number of carbonyl (C=O) groups is 3. The van der Waals surface area contributed by atoms with Gasteiger partial charge in [0.25, 0.3) is 0 Å². The molecule has 5 rings (SSSR count). The van der Waals surface area contributed by atoms with Crippen molar-refractivity contribution < 1.29 is 38.1 Å². The Morgan fingerprint density at radius 2 is 1.62 bits per heavy atom. The Kier molecular flexibility index (Phi) is 6.41. The number of fused-ring (bicyclic) bond motifs is 3. The minimum atomic E-state index is -0.877. The number of Topliss-reactive ketones (excluding diaryl/α,β-unsaturated/α-hetero) is 2. The molecule has 3 saturated carbocycles. The van der Waals surface area contributed by atoms with Crippen molar-refractivity contribution in [2.45, 2.75) is 77.3 Å². The number of ketones is 2. The summed E-state index contributed by atoms with van der Waals surface area (Å²) >= 11 is 0. The first-order valence-electron chi connectivity index (χ1n) is 13.0. The Balaban J connectivity index is 1.38. The van der Waals surface area contributed by atoms with Crippen LogP contribution in [0.3, 0.4) is 0 Å². The number of ether oxygens (including phenoxy) is 5. The third-order valence-electron chi connectivity index (χ3n) is 9.54. The normalized spacial score (nSPS) is 40.2. The molecule has 0 bridgehead atoms. The molecule has 0 aromatic carbocycles. The average molecular weight is 479 g/mol. The molecule has 0 N–H and O–H groups in total. The van der Waals surface area contributed by atoms with E-state index in [2.05, 4.69) is 0 Å². The van der Waals surface area contributed by atoms with Gasteiger partial charge < -0.3 is 23.7 Å². The molecule has 2 saturated heterocycles.